The molecule has 0 aliphatic heterocycles. The molecular weight excluding hydrogens is 289 g/mol. The van der Waals surface area contributed by atoms with Gasteiger partial charge in [0.25, 0.3) is 0 Å². The van der Waals surface area contributed by atoms with Crippen molar-refractivity contribution < 1.29 is 17.6 Å². The van der Waals surface area contributed by atoms with Gasteiger partial charge in [-0.1, -0.05) is 23.9 Å². The van der Waals surface area contributed by atoms with Gasteiger partial charge in [-0.2, -0.15) is 13.2 Å². The lowest BCUT2D eigenvalue weighted by Crippen LogP contribution is -2.02. The maximum atomic E-state index is 12.4. The first-order chi connectivity index (χ1) is 9.52. The highest BCUT2D eigenvalue weighted by Gasteiger charge is 2.34. The number of imidazole rings is 1. The van der Waals surface area contributed by atoms with Crippen LogP contribution in [0.15, 0.2) is 46.0 Å². The highest BCUT2D eigenvalue weighted by Crippen LogP contribution is 2.32. The van der Waals surface area contributed by atoms with E-state index in [4.69, 9.17) is 4.42 Å². The largest absolute Gasteiger partial charge is 0.456 e. The van der Waals surface area contributed by atoms with Gasteiger partial charge in [-0.25, -0.2) is 4.98 Å². The van der Waals surface area contributed by atoms with Crippen molar-refractivity contribution >= 4 is 22.8 Å². The van der Waals surface area contributed by atoms with Crippen LogP contribution in [0.3, 0.4) is 0 Å². The Morgan fingerprint density at radius 1 is 1.15 bits per heavy atom. The Morgan fingerprint density at radius 3 is 2.65 bits per heavy atom. The number of hydrogen-bond acceptors (Lipinski definition) is 3. The monoisotopic (exact) mass is 298 g/mol. The van der Waals surface area contributed by atoms with Crippen LogP contribution >= 0.6 is 11.8 Å². The van der Waals surface area contributed by atoms with Gasteiger partial charge in [0.05, 0.1) is 16.8 Å². The van der Waals surface area contributed by atoms with Crippen LogP contribution in [0.5, 0.6) is 0 Å². The number of para-hydroxylation sites is 2. The van der Waals surface area contributed by atoms with Crippen LogP contribution in [-0.2, 0) is 11.9 Å². The summed E-state index contributed by atoms with van der Waals surface area (Å²) in [5.74, 6) is -0.420. The van der Waals surface area contributed by atoms with E-state index in [1.54, 1.807) is 0 Å². The van der Waals surface area contributed by atoms with Crippen molar-refractivity contribution in [1.29, 1.82) is 0 Å². The van der Waals surface area contributed by atoms with Crippen molar-refractivity contribution in [2.45, 2.75) is 17.1 Å². The molecule has 20 heavy (non-hydrogen) atoms. The van der Waals surface area contributed by atoms with Crippen LogP contribution in [0.2, 0.25) is 0 Å². The molecule has 0 spiro atoms. The number of aromatic amines is 1. The molecule has 0 amide bonds. The predicted octanol–water partition coefficient (Wildman–Crippen LogP) is 4.47. The molecule has 3 aromatic rings. The van der Waals surface area contributed by atoms with Crippen LogP contribution in [0.1, 0.15) is 11.5 Å². The molecule has 0 aliphatic carbocycles. The normalized spacial score (nSPS) is 12.2. The van der Waals surface area contributed by atoms with Gasteiger partial charge in [0, 0.05) is 0 Å². The zero-order chi connectivity index (χ0) is 14.2. The standard InChI is InChI=1S/C13H9F3N2OS/c14-13(15,16)11-6-5-8(19-11)7-20-12-17-9-3-1-2-4-10(9)18-12/h1-6H,7H2,(H,17,18). The topological polar surface area (TPSA) is 41.8 Å². The minimum atomic E-state index is -4.44. The Kier molecular flexibility index (Phi) is 3.21. The molecule has 7 heteroatoms. The number of halogens is 3. The maximum Gasteiger partial charge on any atom is 0.449 e. The fraction of sp³-hybridized carbons (Fsp3) is 0.154. The number of nitrogens with zero attached hydrogens (tertiary/aromatic N) is 1. The predicted molar refractivity (Wildman–Crippen MR) is 69.4 cm³/mol. The number of fused-ring (bicyclic) bond motifs is 1. The number of aromatic nitrogens is 2. The van der Waals surface area contributed by atoms with E-state index < -0.39 is 11.9 Å². The molecule has 0 atom stereocenters. The fourth-order valence-electron chi connectivity index (χ4n) is 1.75. The highest BCUT2D eigenvalue weighted by molar-refractivity contribution is 7.98. The molecule has 0 aliphatic rings. The Hall–Kier alpha value is -1.89. The summed E-state index contributed by atoms with van der Waals surface area (Å²) >= 11 is 1.30. The third-order valence-corrected chi connectivity index (χ3v) is 3.56. The summed E-state index contributed by atoms with van der Waals surface area (Å²) in [5.41, 5.74) is 1.72. The lowest BCUT2D eigenvalue weighted by atomic mass is 10.3. The lowest BCUT2D eigenvalue weighted by molar-refractivity contribution is -0.153. The molecule has 0 saturated carbocycles. The summed E-state index contributed by atoms with van der Waals surface area (Å²) in [5, 5.41) is 0.649. The van der Waals surface area contributed by atoms with E-state index >= 15 is 0 Å². The molecule has 0 fully saturated rings. The summed E-state index contributed by atoms with van der Waals surface area (Å²) in [7, 11) is 0. The van der Waals surface area contributed by atoms with Crippen LogP contribution < -0.4 is 0 Å². The molecule has 3 nitrogen and oxygen atoms in total. The van der Waals surface area contributed by atoms with E-state index in [9.17, 15) is 13.2 Å². The lowest BCUT2D eigenvalue weighted by Gasteiger charge is -2.00. The first kappa shape index (κ1) is 13.1. The quantitative estimate of drug-likeness (QED) is 0.725. The van der Waals surface area contributed by atoms with Gasteiger partial charge in [0.2, 0.25) is 5.76 Å². The maximum absolute atomic E-state index is 12.4. The Balaban J connectivity index is 1.71. The first-order valence-electron chi connectivity index (χ1n) is 5.76. The molecule has 0 unspecified atom stereocenters. The second-order valence-electron chi connectivity index (χ2n) is 4.11. The Labute approximate surface area is 116 Å². The molecule has 104 valence electrons. The number of nitrogens with one attached hydrogen (secondary N) is 1. The summed E-state index contributed by atoms with van der Waals surface area (Å²) in [6.45, 7) is 0. The summed E-state index contributed by atoms with van der Waals surface area (Å²) < 4.78 is 41.9. The van der Waals surface area contributed by atoms with Crippen LogP contribution in [0, 0.1) is 0 Å². The molecule has 1 aromatic carbocycles. The molecule has 1 N–H and O–H groups in total. The number of furan rings is 1. The van der Waals surface area contributed by atoms with Crippen molar-refractivity contribution in [3.8, 4) is 0 Å². The minimum absolute atomic E-state index is 0.266. The van der Waals surface area contributed by atoms with Crippen molar-refractivity contribution in [1.82, 2.24) is 9.97 Å². The average molecular weight is 298 g/mol. The number of rotatable bonds is 3. The number of hydrogen-bond donors (Lipinski definition) is 1. The number of benzene rings is 1. The van der Waals surface area contributed by atoms with E-state index in [1.165, 1.54) is 17.8 Å². The van der Waals surface area contributed by atoms with Gasteiger partial charge < -0.3 is 9.40 Å². The highest BCUT2D eigenvalue weighted by atomic mass is 32.2. The van der Waals surface area contributed by atoms with Crippen molar-refractivity contribution in [3.63, 3.8) is 0 Å². The summed E-state index contributed by atoms with van der Waals surface area (Å²) in [4.78, 5) is 7.42. The molecular formula is C13H9F3N2OS. The van der Waals surface area contributed by atoms with E-state index in [2.05, 4.69) is 9.97 Å². The fourth-order valence-corrected chi connectivity index (χ4v) is 2.52. The Bertz CT molecular complexity index is 699. The van der Waals surface area contributed by atoms with Crippen molar-refractivity contribution in [2.75, 3.05) is 0 Å². The molecule has 0 saturated heterocycles. The number of H-pyrrole nitrogens is 1. The molecule has 0 bridgehead atoms. The zero-order valence-electron chi connectivity index (χ0n) is 10.1. The molecule has 0 radical (unpaired) electrons. The number of thioether (sulfide) groups is 1. The SMILES string of the molecule is FC(F)(F)c1ccc(CSc2nc3ccccc3[nH]2)o1. The zero-order valence-corrected chi connectivity index (χ0v) is 10.9. The van der Waals surface area contributed by atoms with Crippen LogP contribution in [0.4, 0.5) is 13.2 Å². The Morgan fingerprint density at radius 2 is 1.95 bits per heavy atom. The van der Waals surface area contributed by atoms with Gasteiger partial charge >= 0.3 is 6.18 Å². The average Bonchev–Trinajstić information content (AvgIpc) is 3.02. The first-order valence-corrected chi connectivity index (χ1v) is 6.74. The molecule has 3 rings (SSSR count). The second-order valence-corrected chi connectivity index (χ2v) is 5.08. The van der Waals surface area contributed by atoms with E-state index in [1.807, 2.05) is 24.3 Å². The minimum Gasteiger partial charge on any atom is -0.456 e. The van der Waals surface area contributed by atoms with Crippen LogP contribution in [0.25, 0.3) is 11.0 Å². The smallest absolute Gasteiger partial charge is 0.449 e. The second kappa shape index (κ2) is 4.90. The van der Waals surface area contributed by atoms with Crippen molar-refractivity contribution in [2.24, 2.45) is 0 Å². The number of alkyl halides is 3. The third-order valence-electron chi connectivity index (χ3n) is 2.66. The van der Waals surface area contributed by atoms with Gasteiger partial charge in [-0.15, -0.1) is 0 Å². The van der Waals surface area contributed by atoms with Gasteiger partial charge in [0.1, 0.15) is 5.76 Å². The van der Waals surface area contributed by atoms with Gasteiger partial charge in [-0.05, 0) is 24.3 Å². The van der Waals surface area contributed by atoms with Gasteiger partial charge in [0.15, 0.2) is 5.16 Å². The van der Waals surface area contributed by atoms with E-state index in [0.717, 1.165) is 17.1 Å². The molecule has 2 heterocycles. The van der Waals surface area contributed by atoms with Crippen LogP contribution in [-0.4, -0.2) is 9.97 Å². The molecule has 2 aromatic heterocycles. The van der Waals surface area contributed by atoms with Crippen molar-refractivity contribution in [3.05, 3.63) is 47.9 Å². The van der Waals surface area contributed by atoms with Gasteiger partial charge in [-0.3, -0.25) is 0 Å². The third kappa shape index (κ3) is 2.67. The summed E-state index contributed by atoms with van der Waals surface area (Å²) in [6.07, 6.45) is -4.44. The van der Waals surface area contributed by atoms with E-state index in [-0.39, 0.29) is 11.5 Å². The summed E-state index contributed by atoms with van der Waals surface area (Å²) in [6, 6.07) is 9.79. The van der Waals surface area contributed by atoms with E-state index in [0.29, 0.717) is 5.16 Å².